The van der Waals surface area contributed by atoms with Crippen molar-refractivity contribution in [3.05, 3.63) is 510 Å². The Morgan fingerprint density at radius 1 is 0.156 bits per heavy atom. The van der Waals surface area contributed by atoms with E-state index in [4.69, 9.17) is 59.8 Å². The molecule has 0 saturated heterocycles. The SMILES string of the molecule is O=P(c1ccccc1)(c1ccccc1)c1ccc2cc(-c3cccc(-c4nc5c(nc6ccccn65)c5ccccc45)c3)ccc2c1.c1ccc(-c2ccc(-c3nc(-c4ccc(-c5ccccc5)cc4)nc(-c4cccc(-c5nc6c(nc7ccccn76)c6ccccc56)c4)n3)cc2)cc1.c1ccc(-c2ccc(-c3nc(-c4ccccc4)nc(-c4cccc(-c5nc6c(nc7ccccn76)c6ccccc56)c4)n3)cc2)cc1. The molecule has 0 unspecified atom stereocenters. The summed E-state index contributed by atoms with van der Waals surface area (Å²) >= 11 is 0. The van der Waals surface area contributed by atoms with Crippen LogP contribution >= 0.6 is 7.14 Å². The van der Waals surface area contributed by atoms with Crippen LogP contribution in [-0.2, 0) is 4.57 Å². The minimum Gasteiger partial charge on any atom is -0.309 e. The first-order valence-corrected chi connectivity index (χ1v) is 50.5. The Morgan fingerprint density at radius 2 is 0.395 bits per heavy atom. The standard InChI is InChI=1S/C47H30N6.C42H28N3OP.C41H26N6/c1-3-12-31(13-4-1)33-21-25-35(26-22-33)44-50-45(36-27-23-34(24-28-36)32-14-5-2-6-15-32)52-46(51-44)38-17-11-16-37(30-38)42-39-18-7-8-19-40(39)43-47(49-42)53-29-10-9-20-41(53)48-43;46-47(34-14-3-1-4-15-34,35-16-5-2-6-17-35)36-24-23-31-26-30(21-22-32(31)28-36)29-12-11-13-33(27-29)40-37-18-7-8-19-38(37)41-42(44-40)45-25-10-9-20-39(45)43-41;1-3-12-27(13-4-1)28-21-23-30(24-22-28)39-44-38(29-14-5-2-6-15-29)45-40(46-39)32-17-11-16-31(26-32)36-33-18-7-8-19-34(33)37-41(43-36)47-25-10-9-20-35(47)42-37/h1-30H;1-28H;1-26H. The molecule has 0 N–H and O–H groups in total. The van der Waals surface area contributed by atoms with E-state index in [-0.39, 0.29) is 0 Å². The van der Waals surface area contributed by atoms with Crippen LogP contribution in [0.25, 0.3) is 240 Å². The lowest BCUT2D eigenvalue weighted by Gasteiger charge is -2.20. The fraction of sp³-hybridized carbons (Fsp3) is 0. The number of benzene rings is 17. The first-order chi connectivity index (χ1) is 72.7. The highest BCUT2D eigenvalue weighted by Crippen LogP contribution is 2.46. The zero-order valence-electron chi connectivity index (χ0n) is 79.1. The number of hydrogen-bond acceptors (Lipinski definition) is 13. The molecule has 690 valence electrons. The molecule has 0 saturated carbocycles. The highest BCUT2D eigenvalue weighted by Gasteiger charge is 2.31. The number of rotatable bonds is 16. The van der Waals surface area contributed by atoms with Gasteiger partial charge < -0.3 is 4.57 Å². The molecule has 0 aliphatic heterocycles. The molecule has 0 amide bonds. The number of aromatic nitrogens is 15. The van der Waals surface area contributed by atoms with Crippen molar-refractivity contribution in [3.8, 4) is 147 Å². The van der Waals surface area contributed by atoms with E-state index >= 15 is 0 Å². The number of hydrogen-bond donors (Lipinski definition) is 0. The average molecular weight is 1900 g/mol. The molecular formula is C130H84N15OP. The van der Waals surface area contributed by atoms with E-state index in [9.17, 15) is 4.57 Å². The minimum absolute atomic E-state index is 0.589. The third-order valence-corrected chi connectivity index (χ3v) is 30.3. The minimum atomic E-state index is -3.05. The molecule has 0 spiro atoms. The van der Waals surface area contributed by atoms with Gasteiger partial charge in [0.05, 0.1) is 17.1 Å². The molecule has 0 radical (unpaired) electrons. The van der Waals surface area contributed by atoms with Crippen molar-refractivity contribution in [2.45, 2.75) is 0 Å². The Bertz CT molecular complexity index is 9810. The van der Waals surface area contributed by atoms with Gasteiger partial charge in [-0.1, -0.05) is 425 Å². The molecule has 0 atom stereocenters. The third kappa shape index (κ3) is 16.7. The van der Waals surface area contributed by atoms with Crippen LogP contribution in [0.15, 0.2) is 510 Å². The van der Waals surface area contributed by atoms with E-state index in [1.54, 1.807) is 0 Å². The Balaban J connectivity index is 0.000000112. The molecular weight excluding hydrogens is 1820 g/mol. The van der Waals surface area contributed by atoms with Gasteiger partial charge in [-0.3, -0.25) is 13.2 Å². The second-order valence-electron chi connectivity index (χ2n) is 36.2. The largest absolute Gasteiger partial charge is 0.309 e. The lowest BCUT2D eigenvalue weighted by atomic mass is 9.97. The smallest absolute Gasteiger partial charge is 0.171 e. The summed E-state index contributed by atoms with van der Waals surface area (Å²) in [6.07, 6.45) is 6.04. The first kappa shape index (κ1) is 87.6. The van der Waals surface area contributed by atoms with Crippen LogP contribution in [0.4, 0.5) is 0 Å². The van der Waals surface area contributed by atoms with Crippen LogP contribution < -0.4 is 15.9 Å². The molecule has 0 fully saturated rings. The van der Waals surface area contributed by atoms with E-state index in [2.05, 4.69) is 302 Å². The van der Waals surface area contributed by atoms with Gasteiger partial charge in [0.25, 0.3) is 0 Å². The normalized spacial score (nSPS) is 11.6. The van der Waals surface area contributed by atoms with Crippen LogP contribution in [0.1, 0.15) is 0 Å². The van der Waals surface area contributed by atoms with Gasteiger partial charge in [0.15, 0.2) is 59.0 Å². The van der Waals surface area contributed by atoms with Crippen LogP contribution in [0.5, 0.6) is 0 Å². The van der Waals surface area contributed by atoms with Gasteiger partial charge in [0.1, 0.15) is 33.5 Å². The van der Waals surface area contributed by atoms with E-state index in [1.165, 1.54) is 5.56 Å². The van der Waals surface area contributed by atoms with Crippen LogP contribution in [0, 0.1) is 0 Å². The summed E-state index contributed by atoms with van der Waals surface area (Å²) in [4.78, 5) is 60.6. The van der Waals surface area contributed by atoms with Crippen LogP contribution in [0.2, 0.25) is 0 Å². The molecule has 147 heavy (non-hydrogen) atoms. The number of imidazole rings is 3. The predicted octanol–water partition coefficient (Wildman–Crippen LogP) is 29.9. The van der Waals surface area contributed by atoms with Gasteiger partial charge in [-0.05, 0) is 122 Å². The molecule has 28 aromatic rings. The Hall–Kier alpha value is -19.7. The molecule has 11 aromatic heterocycles. The quantitative estimate of drug-likeness (QED) is 0.0833. The van der Waals surface area contributed by atoms with E-state index in [0.717, 1.165) is 216 Å². The van der Waals surface area contributed by atoms with Crippen molar-refractivity contribution < 1.29 is 4.57 Å². The van der Waals surface area contributed by atoms with E-state index in [1.807, 2.05) is 222 Å². The van der Waals surface area contributed by atoms with Gasteiger partial charge in [-0.15, -0.1) is 0 Å². The number of fused-ring (bicyclic) bond motifs is 16. The van der Waals surface area contributed by atoms with Crippen LogP contribution in [0.3, 0.4) is 0 Å². The van der Waals surface area contributed by atoms with E-state index in [0.29, 0.717) is 34.9 Å². The van der Waals surface area contributed by atoms with Gasteiger partial charge in [0, 0.05) is 117 Å². The maximum Gasteiger partial charge on any atom is 0.171 e. The van der Waals surface area contributed by atoms with Crippen molar-refractivity contribution in [2.75, 3.05) is 0 Å². The summed E-state index contributed by atoms with van der Waals surface area (Å²) in [6, 6.07) is 167. The fourth-order valence-electron chi connectivity index (χ4n) is 19.9. The Labute approximate surface area is 844 Å². The zero-order chi connectivity index (χ0) is 97.7. The van der Waals surface area contributed by atoms with Crippen molar-refractivity contribution >= 4 is 117 Å². The summed E-state index contributed by atoms with van der Waals surface area (Å²) in [5.41, 5.74) is 28.0. The molecule has 0 bridgehead atoms. The number of pyridine rings is 6. The summed E-state index contributed by atoms with van der Waals surface area (Å²) in [6.45, 7) is 0. The van der Waals surface area contributed by atoms with Gasteiger partial charge >= 0.3 is 0 Å². The predicted molar refractivity (Wildman–Crippen MR) is 598 cm³/mol. The first-order valence-electron chi connectivity index (χ1n) is 48.8. The lowest BCUT2D eigenvalue weighted by Crippen LogP contribution is -2.24. The monoisotopic (exact) mass is 1900 g/mol. The maximum atomic E-state index is 14.9. The second-order valence-corrected chi connectivity index (χ2v) is 39.0. The highest BCUT2D eigenvalue weighted by atomic mass is 31.2. The topological polar surface area (TPSA) is 185 Å². The van der Waals surface area contributed by atoms with Crippen molar-refractivity contribution in [2.24, 2.45) is 0 Å². The van der Waals surface area contributed by atoms with Gasteiger partial charge in [-0.2, -0.15) is 0 Å². The summed E-state index contributed by atoms with van der Waals surface area (Å²) < 4.78 is 21.1. The zero-order valence-corrected chi connectivity index (χ0v) is 80.0. The van der Waals surface area contributed by atoms with Crippen molar-refractivity contribution in [3.63, 3.8) is 0 Å². The Kier molecular flexibility index (Phi) is 22.5. The summed E-state index contributed by atoms with van der Waals surface area (Å²) in [5.74, 6) is 3.65. The maximum absolute atomic E-state index is 14.9. The molecule has 28 rings (SSSR count). The molecule has 17 heteroatoms. The molecule has 0 aliphatic rings. The van der Waals surface area contributed by atoms with Crippen LogP contribution in [-0.4, -0.2) is 73.0 Å². The molecule has 17 aromatic carbocycles. The molecule has 0 aliphatic carbocycles. The third-order valence-electron chi connectivity index (χ3n) is 27.2. The average Bonchev–Trinajstić information content (AvgIpc) is 1.53. The second kappa shape index (κ2) is 37.7. The van der Waals surface area contributed by atoms with E-state index < -0.39 is 7.14 Å². The fourth-order valence-corrected chi connectivity index (χ4v) is 22.6. The van der Waals surface area contributed by atoms with Crippen molar-refractivity contribution in [1.29, 1.82) is 0 Å². The number of nitrogens with zero attached hydrogens (tertiary/aromatic N) is 15. The molecule has 16 nitrogen and oxygen atoms in total. The van der Waals surface area contributed by atoms with Crippen molar-refractivity contribution in [1.82, 2.24) is 73.0 Å². The Morgan fingerprint density at radius 3 is 0.748 bits per heavy atom. The van der Waals surface area contributed by atoms with Gasteiger partial charge in [-0.25, -0.2) is 59.8 Å². The van der Waals surface area contributed by atoms with Gasteiger partial charge in [0.2, 0.25) is 0 Å². The molecule has 11 heterocycles. The summed E-state index contributed by atoms with van der Waals surface area (Å²) in [7, 11) is -3.05. The highest BCUT2D eigenvalue weighted by molar-refractivity contribution is 7.85. The summed E-state index contributed by atoms with van der Waals surface area (Å²) in [5, 5.41) is 11.0. The lowest BCUT2D eigenvalue weighted by molar-refractivity contribution is 0.592.